The summed E-state index contributed by atoms with van der Waals surface area (Å²) < 4.78 is 0. The van der Waals surface area contributed by atoms with Crippen molar-refractivity contribution in [3.05, 3.63) is 24.3 Å². The summed E-state index contributed by atoms with van der Waals surface area (Å²) in [5.74, 6) is -0.161. The molecule has 1 unspecified atom stereocenters. The van der Waals surface area contributed by atoms with Crippen LogP contribution in [-0.4, -0.2) is 24.2 Å². The van der Waals surface area contributed by atoms with Crippen LogP contribution >= 0.6 is 0 Å². The Balaban J connectivity index is 2.03. The van der Waals surface area contributed by atoms with Crippen molar-refractivity contribution in [2.45, 2.75) is 19.3 Å². The van der Waals surface area contributed by atoms with E-state index < -0.39 is 5.97 Å². The van der Waals surface area contributed by atoms with Crippen molar-refractivity contribution in [1.82, 2.24) is 5.32 Å². The van der Waals surface area contributed by atoms with Gasteiger partial charge in [0, 0.05) is 12.6 Å². The Morgan fingerprint density at radius 2 is 2.43 bits per heavy atom. The van der Waals surface area contributed by atoms with Crippen LogP contribution in [0.1, 0.15) is 19.3 Å². The highest BCUT2D eigenvalue weighted by molar-refractivity contribution is 5.79. The molecule has 78 valence electrons. The minimum atomic E-state index is -0.882. The number of carbonyl (C=O) groups is 1. The fraction of sp³-hybridized carbons (Fsp3) is 0.545. The van der Waals surface area contributed by atoms with Gasteiger partial charge in [-0.25, -0.2) is 4.79 Å². The van der Waals surface area contributed by atoms with Crippen molar-refractivity contribution in [3.63, 3.8) is 0 Å². The molecule has 1 rings (SSSR count). The Hall–Kier alpha value is -1.09. The number of allylic oxidation sites excluding steroid dienone is 2. The van der Waals surface area contributed by atoms with Gasteiger partial charge in [0.05, 0.1) is 0 Å². The molecule has 3 nitrogen and oxygen atoms in total. The lowest BCUT2D eigenvalue weighted by Crippen LogP contribution is -2.23. The quantitative estimate of drug-likeness (QED) is 0.398. The first-order chi connectivity index (χ1) is 6.79. The Labute approximate surface area is 84.5 Å². The number of carboxylic acid groups (broad SMARTS) is 1. The minimum Gasteiger partial charge on any atom is -0.478 e. The van der Waals surface area contributed by atoms with Crippen LogP contribution in [0.3, 0.4) is 0 Å². The molecule has 0 heterocycles. The number of nitrogens with one attached hydrogen (secondary N) is 1. The molecule has 0 aliphatic heterocycles. The van der Waals surface area contributed by atoms with Crippen molar-refractivity contribution in [3.8, 4) is 0 Å². The second-order valence-corrected chi connectivity index (χ2v) is 3.55. The lowest BCUT2D eigenvalue weighted by Gasteiger charge is -2.17. The SMILES string of the molecule is O=C(O)/C=C/CNCC1CC=CCC1. The number of hydrogen-bond donors (Lipinski definition) is 2. The zero-order chi connectivity index (χ0) is 10.2. The Morgan fingerprint density at radius 3 is 3.07 bits per heavy atom. The topological polar surface area (TPSA) is 49.3 Å². The summed E-state index contributed by atoms with van der Waals surface area (Å²) in [5, 5.41) is 11.6. The van der Waals surface area contributed by atoms with Crippen LogP contribution in [0.15, 0.2) is 24.3 Å². The molecule has 1 atom stereocenters. The predicted octanol–water partition coefficient (Wildman–Crippen LogP) is 1.57. The van der Waals surface area contributed by atoms with E-state index in [4.69, 9.17) is 5.11 Å². The third-order valence-electron chi connectivity index (χ3n) is 2.33. The maximum atomic E-state index is 10.1. The highest BCUT2D eigenvalue weighted by Gasteiger charge is 2.07. The second-order valence-electron chi connectivity index (χ2n) is 3.55. The molecule has 0 aromatic carbocycles. The molecule has 0 bridgehead atoms. The van der Waals surface area contributed by atoms with Crippen molar-refractivity contribution in [2.75, 3.05) is 13.1 Å². The molecule has 3 heteroatoms. The first kappa shape index (κ1) is 11.0. The summed E-state index contributed by atoms with van der Waals surface area (Å²) in [6.07, 6.45) is 10.8. The van der Waals surface area contributed by atoms with Crippen LogP contribution in [0, 0.1) is 5.92 Å². The molecule has 1 aliphatic rings. The molecule has 0 spiro atoms. The summed E-state index contributed by atoms with van der Waals surface area (Å²) in [5.41, 5.74) is 0. The van der Waals surface area contributed by atoms with Gasteiger partial charge in [0.1, 0.15) is 0 Å². The van der Waals surface area contributed by atoms with E-state index in [1.165, 1.54) is 18.9 Å². The molecule has 0 aromatic heterocycles. The highest BCUT2D eigenvalue weighted by atomic mass is 16.4. The molecule has 0 fully saturated rings. The van der Waals surface area contributed by atoms with E-state index in [-0.39, 0.29) is 0 Å². The van der Waals surface area contributed by atoms with Gasteiger partial charge in [-0.15, -0.1) is 0 Å². The summed E-state index contributed by atoms with van der Waals surface area (Å²) >= 11 is 0. The zero-order valence-corrected chi connectivity index (χ0v) is 8.28. The standard InChI is InChI=1S/C11H17NO2/c13-11(14)7-4-8-12-9-10-5-2-1-3-6-10/h1-2,4,7,10,12H,3,5-6,8-9H2,(H,13,14)/b7-4+. The van der Waals surface area contributed by atoms with Crippen LogP contribution in [0.2, 0.25) is 0 Å². The van der Waals surface area contributed by atoms with E-state index in [0.29, 0.717) is 6.54 Å². The van der Waals surface area contributed by atoms with Crippen LogP contribution in [-0.2, 0) is 4.79 Å². The van der Waals surface area contributed by atoms with Crippen molar-refractivity contribution < 1.29 is 9.90 Å². The van der Waals surface area contributed by atoms with E-state index in [2.05, 4.69) is 17.5 Å². The first-order valence-electron chi connectivity index (χ1n) is 5.04. The fourth-order valence-electron chi connectivity index (χ4n) is 1.57. The molecule has 14 heavy (non-hydrogen) atoms. The van der Waals surface area contributed by atoms with Gasteiger partial charge < -0.3 is 10.4 Å². The second kappa shape index (κ2) is 6.38. The van der Waals surface area contributed by atoms with Crippen LogP contribution in [0.4, 0.5) is 0 Å². The lowest BCUT2D eigenvalue weighted by atomic mass is 9.94. The molecule has 0 saturated heterocycles. The monoisotopic (exact) mass is 195 g/mol. The first-order valence-corrected chi connectivity index (χ1v) is 5.04. The van der Waals surface area contributed by atoms with Gasteiger partial charge in [0.2, 0.25) is 0 Å². The van der Waals surface area contributed by atoms with Crippen molar-refractivity contribution in [1.29, 1.82) is 0 Å². The molecular formula is C11H17NO2. The average molecular weight is 195 g/mol. The van der Waals surface area contributed by atoms with E-state index in [9.17, 15) is 4.79 Å². The van der Waals surface area contributed by atoms with E-state index in [1.807, 2.05) is 0 Å². The normalized spacial score (nSPS) is 21.6. The Kier molecular flexibility index (Phi) is 5.00. The van der Waals surface area contributed by atoms with Gasteiger partial charge in [0.15, 0.2) is 0 Å². The smallest absolute Gasteiger partial charge is 0.328 e. The predicted molar refractivity (Wildman–Crippen MR) is 56.1 cm³/mol. The molecule has 1 aliphatic carbocycles. The zero-order valence-electron chi connectivity index (χ0n) is 8.28. The van der Waals surface area contributed by atoms with E-state index in [1.54, 1.807) is 6.08 Å². The van der Waals surface area contributed by atoms with Gasteiger partial charge in [-0.1, -0.05) is 18.2 Å². The van der Waals surface area contributed by atoms with Gasteiger partial charge in [-0.2, -0.15) is 0 Å². The molecule has 0 radical (unpaired) electrons. The van der Waals surface area contributed by atoms with Crippen LogP contribution in [0.5, 0.6) is 0 Å². The molecule has 0 aromatic rings. The van der Waals surface area contributed by atoms with Crippen molar-refractivity contribution >= 4 is 5.97 Å². The Morgan fingerprint density at radius 1 is 1.57 bits per heavy atom. The lowest BCUT2D eigenvalue weighted by molar-refractivity contribution is -0.131. The number of hydrogen-bond acceptors (Lipinski definition) is 2. The molecule has 0 amide bonds. The Bertz CT molecular complexity index is 233. The maximum Gasteiger partial charge on any atom is 0.328 e. The number of carboxylic acids is 1. The summed E-state index contributed by atoms with van der Waals surface area (Å²) in [7, 11) is 0. The largest absolute Gasteiger partial charge is 0.478 e. The summed E-state index contributed by atoms with van der Waals surface area (Å²) in [6.45, 7) is 1.63. The molecular weight excluding hydrogens is 178 g/mol. The van der Waals surface area contributed by atoms with E-state index in [0.717, 1.165) is 18.9 Å². The molecule has 2 N–H and O–H groups in total. The molecule has 0 saturated carbocycles. The fourth-order valence-corrected chi connectivity index (χ4v) is 1.57. The van der Waals surface area contributed by atoms with Gasteiger partial charge in [-0.05, 0) is 31.7 Å². The summed E-state index contributed by atoms with van der Waals surface area (Å²) in [6, 6.07) is 0. The van der Waals surface area contributed by atoms with E-state index >= 15 is 0 Å². The summed E-state index contributed by atoms with van der Waals surface area (Å²) in [4.78, 5) is 10.1. The highest BCUT2D eigenvalue weighted by Crippen LogP contribution is 2.16. The third kappa shape index (κ3) is 4.82. The van der Waals surface area contributed by atoms with Crippen LogP contribution in [0.25, 0.3) is 0 Å². The minimum absolute atomic E-state index is 0.645. The third-order valence-corrected chi connectivity index (χ3v) is 2.33. The van der Waals surface area contributed by atoms with Gasteiger partial charge >= 0.3 is 5.97 Å². The number of aliphatic carboxylic acids is 1. The number of rotatable bonds is 5. The average Bonchev–Trinajstić information content (AvgIpc) is 2.18. The van der Waals surface area contributed by atoms with Crippen LogP contribution < -0.4 is 5.32 Å². The van der Waals surface area contributed by atoms with Gasteiger partial charge in [0.25, 0.3) is 0 Å². The van der Waals surface area contributed by atoms with Crippen molar-refractivity contribution in [2.24, 2.45) is 5.92 Å². The van der Waals surface area contributed by atoms with Gasteiger partial charge in [-0.3, -0.25) is 0 Å². The maximum absolute atomic E-state index is 10.1.